The molecular weight excluding hydrogens is 567 g/mol. The molecule has 0 saturated carbocycles. The number of nitrogens with zero attached hydrogens (tertiary/aromatic N) is 3. The number of anilines is 1. The summed E-state index contributed by atoms with van der Waals surface area (Å²) in [4.78, 5) is 38.7. The van der Waals surface area contributed by atoms with Crippen molar-refractivity contribution >= 4 is 33.2 Å². The summed E-state index contributed by atoms with van der Waals surface area (Å²) in [5, 5.41) is 14.3. The van der Waals surface area contributed by atoms with E-state index in [1.54, 1.807) is 13.8 Å². The molecule has 3 rings (SSSR count). The van der Waals surface area contributed by atoms with E-state index in [-0.39, 0.29) is 29.1 Å². The van der Waals surface area contributed by atoms with Crippen molar-refractivity contribution < 1.29 is 32.1 Å². The number of ether oxygens (including phenoxy) is 1. The van der Waals surface area contributed by atoms with Crippen LogP contribution in [0.3, 0.4) is 0 Å². The van der Waals surface area contributed by atoms with Crippen LogP contribution in [-0.2, 0) is 26.2 Å². The second-order valence-corrected chi connectivity index (χ2v) is 11.2. The van der Waals surface area contributed by atoms with E-state index < -0.39 is 50.9 Å². The molecule has 224 valence electrons. The molecule has 0 aliphatic rings. The van der Waals surface area contributed by atoms with E-state index in [0.717, 1.165) is 10.4 Å². The maximum Gasteiger partial charge on any atom is 0.273 e. The number of hydrogen-bond donors (Lipinski definition) is 1. The Kier molecular flexibility index (Phi) is 10.6. The summed E-state index contributed by atoms with van der Waals surface area (Å²) in [6.45, 7) is 4.42. The number of hydrogen-bond acceptors (Lipinski definition) is 7. The Balaban J connectivity index is 2.11. The predicted molar refractivity (Wildman–Crippen MR) is 155 cm³/mol. The van der Waals surface area contributed by atoms with Gasteiger partial charge in [0.2, 0.25) is 11.8 Å². The molecule has 0 fully saturated rings. The first-order chi connectivity index (χ1) is 19.9. The van der Waals surface area contributed by atoms with Gasteiger partial charge < -0.3 is 15.0 Å². The van der Waals surface area contributed by atoms with Crippen LogP contribution in [0.15, 0.2) is 71.6 Å². The average Bonchev–Trinajstić information content (AvgIpc) is 2.96. The summed E-state index contributed by atoms with van der Waals surface area (Å²) in [6, 6.07) is 13.9. The minimum atomic E-state index is -4.53. The maximum absolute atomic E-state index is 14.0. The summed E-state index contributed by atoms with van der Waals surface area (Å²) in [7, 11) is -3.08. The van der Waals surface area contributed by atoms with Crippen LogP contribution in [0.25, 0.3) is 0 Å². The van der Waals surface area contributed by atoms with Gasteiger partial charge in [0.1, 0.15) is 24.2 Å². The number of likely N-dealkylation sites (N-methyl/N-ethyl adjacent to an activating group) is 1. The number of nitro groups is 1. The number of benzene rings is 3. The first-order valence-corrected chi connectivity index (χ1v) is 14.6. The van der Waals surface area contributed by atoms with Crippen LogP contribution in [0.2, 0.25) is 0 Å². The highest BCUT2D eigenvalue weighted by molar-refractivity contribution is 7.92. The van der Waals surface area contributed by atoms with Crippen molar-refractivity contribution in [2.24, 2.45) is 0 Å². The van der Waals surface area contributed by atoms with Crippen LogP contribution in [0.5, 0.6) is 5.75 Å². The second-order valence-electron chi connectivity index (χ2n) is 9.38. The third kappa shape index (κ3) is 7.40. The molecule has 0 heterocycles. The van der Waals surface area contributed by atoms with Gasteiger partial charge in [-0.3, -0.25) is 24.0 Å². The number of carbonyl (C=O) groups excluding carboxylic acids is 2. The minimum Gasteiger partial charge on any atom is -0.497 e. The van der Waals surface area contributed by atoms with Crippen LogP contribution >= 0.6 is 0 Å². The quantitative estimate of drug-likeness (QED) is 0.229. The molecule has 1 N–H and O–H groups in total. The molecule has 2 amide bonds. The number of rotatable bonds is 13. The Bertz CT molecular complexity index is 1530. The molecule has 13 heteroatoms. The monoisotopic (exact) mass is 600 g/mol. The summed E-state index contributed by atoms with van der Waals surface area (Å²) in [6.07, 6.45) is 0.220. The largest absolute Gasteiger partial charge is 0.497 e. The Hall–Kier alpha value is -4.52. The maximum atomic E-state index is 14.0. The number of amides is 2. The Morgan fingerprint density at radius 3 is 2.24 bits per heavy atom. The standard InChI is InChI=1S/C29H33FN4O7S/c1-5-26(29(36)31-6-2)32(18-21-8-10-22(30)11-9-21)28(35)19-33(23-12-14-24(41-4)15-13-23)42(39,40)25-16-7-20(3)27(17-25)34(37)38/h7-17,26H,5-6,18-19H2,1-4H3,(H,31,36)/t26-/m1/s1. The van der Waals surface area contributed by atoms with E-state index in [0.29, 0.717) is 17.9 Å². The van der Waals surface area contributed by atoms with Crippen molar-refractivity contribution in [2.75, 3.05) is 24.5 Å². The lowest BCUT2D eigenvalue weighted by atomic mass is 10.1. The SMILES string of the molecule is CCNC(=O)[C@@H](CC)N(Cc1ccc(F)cc1)C(=O)CN(c1ccc(OC)cc1)S(=O)(=O)c1ccc(C)c([N+](=O)[O-])c1. The Labute approximate surface area is 244 Å². The number of halogens is 1. The fraction of sp³-hybridized carbons (Fsp3) is 0.310. The lowest BCUT2D eigenvalue weighted by molar-refractivity contribution is -0.385. The molecule has 0 saturated heterocycles. The third-order valence-corrected chi connectivity index (χ3v) is 8.38. The lowest BCUT2D eigenvalue weighted by Gasteiger charge is -2.33. The highest BCUT2D eigenvalue weighted by Gasteiger charge is 2.34. The van der Waals surface area contributed by atoms with Crippen molar-refractivity contribution in [1.29, 1.82) is 0 Å². The molecule has 1 atom stereocenters. The number of carbonyl (C=O) groups is 2. The van der Waals surface area contributed by atoms with E-state index in [1.807, 2.05) is 0 Å². The van der Waals surface area contributed by atoms with E-state index in [9.17, 15) is 32.5 Å². The van der Waals surface area contributed by atoms with E-state index in [4.69, 9.17) is 4.74 Å². The number of nitro benzene ring substituents is 1. The average molecular weight is 601 g/mol. The molecule has 0 spiro atoms. The minimum absolute atomic E-state index is 0.0960. The molecule has 0 unspecified atom stereocenters. The zero-order chi connectivity index (χ0) is 31.0. The number of sulfonamides is 1. The molecule has 3 aromatic carbocycles. The highest BCUT2D eigenvalue weighted by Crippen LogP contribution is 2.29. The van der Waals surface area contributed by atoms with Gasteiger partial charge in [0.05, 0.1) is 22.6 Å². The van der Waals surface area contributed by atoms with E-state index in [1.165, 1.54) is 79.6 Å². The lowest BCUT2D eigenvalue weighted by Crippen LogP contribution is -2.52. The van der Waals surface area contributed by atoms with Crippen molar-refractivity contribution in [1.82, 2.24) is 10.2 Å². The Morgan fingerprint density at radius 2 is 1.69 bits per heavy atom. The van der Waals surface area contributed by atoms with Crippen LogP contribution in [0.1, 0.15) is 31.4 Å². The summed E-state index contributed by atoms with van der Waals surface area (Å²) < 4.78 is 47.6. The summed E-state index contributed by atoms with van der Waals surface area (Å²) in [5.41, 5.74) is 0.502. The fourth-order valence-corrected chi connectivity index (χ4v) is 5.78. The van der Waals surface area contributed by atoms with Crippen LogP contribution in [0.4, 0.5) is 15.8 Å². The van der Waals surface area contributed by atoms with Gasteiger partial charge >= 0.3 is 0 Å². The number of aryl methyl sites for hydroxylation is 1. The van der Waals surface area contributed by atoms with Gasteiger partial charge in [-0.05, 0) is 68.3 Å². The zero-order valence-electron chi connectivity index (χ0n) is 23.7. The molecule has 0 radical (unpaired) electrons. The van der Waals surface area contributed by atoms with Gasteiger partial charge in [-0.2, -0.15) is 0 Å². The molecular formula is C29H33FN4O7S. The summed E-state index contributed by atoms with van der Waals surface area (Å²) >= 11 is 0. The predicted octanol–water partition coefficient (Wildman–Crippen LogP) is 4.19. The third-order valence-electron chi connectivity index (χ3n) is 6.61. The normalized spacial score (nSPS) is 11.8. The number of methoxy groups -OCH3 is 1. The van der Waals surface area contributed by atoms with Gasteiger partial charge in [0.25, 0.3) is 15.7 Å². The topological polar surface area (TPSA) is 139 Å². The van der Waals surface area contributed by atoms with Crippen molar-refractivity contribution in [3.8, 4) is 5.75 Å². The van der Waals surface area contributed by atoms with E-state index >= 15 is 0 Å². The van der Waals surface area contributed by atoms with Gasteiger partial charge in [0.15, 0.2) is 0 Å². The smallest absolute Gasteiger partial charge is 0.273 e. The highest BCUT2D eigenvalue weighted by atomic mass is 32.2. The molecule has 3 aromatic rings. The molecule has 11 nitrogen and oxygen atoms in total. The Morgan fingerprint density at radius 1 is 1.05 bits per heavy atom. The van der Waals surface area contributed by atoms with Crippen molar-refractivity contribution in [3.63, 3.8) is 0 Å². The van der Waals surface area contributed by atoms with Crippen LogP contribution in [0, 0.1) is 22.9 Å². The fourth-order valence-electron chi connectivity index (χ4n) is 4.35. The molecule has 0 aliphatic carbocycles. The second kappa shape index (κ2) is 13.9. The van der Waals surface area contributed by atoms with Crippen molar-refractivity contribution in [2.45, 2.75) is 44.7 Å². The molecule has 0 bridgehead atoms. The molecule has 0 aliphatic heterocycles. The van der Waals surface area contributed by atoms with Gasteiger partial charge in [-0.15, -0.1) is 0 Å². The van der Waals surface area contributed by atoms with Gasteiger partial charge in [-0.25, -0.2) is 12.8 Å². The van der Waals surface area contributed by atoms with Crippen molar-refractivity contribution in [3.05, 3.63) is 93.8 Å². The first-order valence-electron chi connectivity index (χ1n) is 13.2. The first kappa shape index (κ1) is 32.0. The van der Waals surface area contributed by atoms with Crippen LogP contribution in [-0.4, -0.2) is 56.3 Å². The van der Waals surface area contributed by atoms with Gasteiger partial charge in [-0.1, -0.05) is 25.1 Å². The van der Waals surface area contributed by atoms with Gasteiger partial charge in [0, 0.05) is 24.7 Å². The number of nitrogens with one attached hydrogen (secondary N) is 1. The zero-order valence-corrected chi connectivity index (χ0v) is 24.6. The molecule has 42 heavy (non-hydrogen) atoms. The molecule has 0 aromatic heterocycles. The summed E-state index contributed by atoms with van der Waals surface area (Å²) in [5.74, 6) is -1.17. The van der Waals surface area contributed by atoms with Crippen LogP contribution < -0.4 is 14.4 Å². The van der Waals surface area contributed by atoms with E-state index in [2.05, 4.69) is 5.32 Å².